The summed E-state index contributed by atoms with van der Waals surface area (Å²) in [5.74, 6) is 0.779. The van der Waals surface area contributed by atoms with Crippen molar-refractivity contribution in [2.45, 2.75) is 5.22 Å². The zero-order valence-electron chi connectivity index (χ0n) is 12.4. The van der Waals surface area contributed by atoms with Crippen LogP contribution in [0.4, 0.5) is 5.13 Å². The fourth-order valence-electron chi connectivity index (χ4n) is 1.79. The van der Waals surface area contributed by atoms with Gasteiger partial charge in [0.1, 0.15) is 5.75 Å². The van der Waals surface area contributed by atoms with E-state index in [4.69, 9.17) is 20.8 Å². The number of rotatable bonds is 6. The van der Waals surface area contributed by atoms with Gasteiger partial charge in [0.2, 0.25) is 5.91 Å². The van der Waals surface area contributed by atoms with Gasteiger partial charge in [0, 0.05) is 16.6 Å². The van der Waals surface area contributed by atoms with Gasteiger partial charge in [-0.2, -0.15) is 0 Å². The van der Waals surface area contributed by atoms with Gasteiger partial charge in [0.15, 0.2) is 5.13 Å². The topological polar surface area (TPSA) is 90.1 Å². The van der Waals surface area contributed by atoms with Crippen LogP contribution in [0.1, 0.15) is 0 Å². The molecule has 2 aromatic heterocycles. The zero-order valence-corrected chi connectivity index (χ0v) is 14.7. The second kappa shape index (κ2) is 7.65. The van der Waals surface area contributed by atoms with Crippen molar-refractivity contribution in [1.82, 2.24) is 15.2 Å². The summed E-state index contributed by atoms with van der Waals surface area (Å²) in [6.45, 7) is 0. The van der Waals surface area contributed by atoms with E-state index in [0.29, 0.717) is 21.5 Å². The van der Waals surface area contributed by atoms with E-state index in [1.807, 2.05) is 0 Å². The quantitative estimate of drug-likeness (QED) is 0.651. The lowest BCUT2D eigenvalue weighted by Crippen LogP contribution is -2.13. The average molecular weight is 383 g/mol. The number of amides is 1. The number of hydrogen-bond donors (Lipinski definition) is 1. The summed E-state index contributed by atoms with van der Waals surface area (Å²) in [5.41, 5.74) is 0.594. The first kappa shape index (κ1) is 16.7. The molecule has 0 unspecified atom stereocenters. The van der Waals surface area contributed by atoms with Crippen molar-refractivity contribution >= 4 is 45.7 Å². The summed E-state index contributed by atoms with van der Waals surface area (Å²) in [4.78, 5) is 15.8. The number of ether oxygens (including phenoxy) is 1. The molecule has 0 bridgehead atoms. The number of nitrogens with one attached hydrogen (secondary N) is 1. The summed E-state index contributed by atoms with van der Waals surface area (Å²) < 4.78 is 10.8. The lowest BCUT2D eigenvalue weighted by molar-refractivity contribution is -0.113. The van der Waals surface area contributed by atoms with E-state index in [9.17, 15) is 4.79 Å². The molecule has 24 heavy (non-hydrogen) atoms. The van der Waals surface area contributed by atoms with E-state index in [0.717, 1.165) is 11.8 Å². The Morgan fingerprint density at radius 3 is 3.08 bits per heavy atom. The molecule has 7 nitrogen and oxygen atoms in total. The highest BCUT2D eigenvalue weighted by Gasteiger charge is 2.15. The summed E-state index contributed by atoms with van der Waals surface area (Å²) >= 11 is 8.48. The van der Waals surface area contributed by atoms with Gasteiger partial charge < -0.3 is 14.5 Å². The van der Waals surface area contributed by atoms with Gasteiger partial charge in [0.25, 0.3) is 11.1 Å². The minimum atomic E-state index is -0.199. The number of carbonyl (C=O) groups is 1. The highest BCUT2D eigenvalue weighted by molar-refractivity contribution is 7.99. The molecule has 1 aromatic carbocycles. The molecule has 1 amide bonds. The molecule has 3 aromatic rings. The summed E-state index contributed by atoms with van der Waals surface area (Å²) in [5, 5.41) is 13.7. The highest BCUT2D eigenvalue weighted by atomic mass is 35.5. The number of anilines is 1. The van der Waals surface area contributed by atoms with Crippen LogP contribution < -0.4 is 10.1 Å². The Balaban J connectivity index is 1.65. The monoisotopic (exact) mass is 382 g/mol. The van der Waals surface area contributed by atoms with Crippen LogP contribution >= 0.6 is 34.7 Å². The maximum atomic E-state index is 11.8. The molecule has 124 valence electrons. The third-order valence-corrected chi connectivity index (χ3v) is 4.55. The largest absolute Gasteiger partial charge is 0.496 e. The van der Waals surface area contributed by atoms with E-state index in [2.05, 4.69) is 20.5 Å². The van der Waals surface area contributed by atoms with Crippen LogP contribution in [-0.4, -0.2) is 34.0 Å². The number of thiazole rings is 1. The first-order chi connectivity index (χ1) is 11.7. The first-order valence-corrected chi connectivity index (χ1v) is 8.89. The Morgan fingerprint density at radius 1 is 1.46 bits per heavy atom. The van der Waals surface area contributed by atoms with Gasteiger partial charge in [0.05, 0.1) is 18.4 Å². The SMILES string of the molecule is COc1ccc(Cl)cc1-c1nnc(SCC(=O)Nc2nccs2)o1. The second-order valence-electron chi connectivity index (χ2n) is 4.39. The fraction of sp³-hybridized carbons (Fsp3) is 0.143. The number of aromatic nitrogens is 3. The molecule has 0 fully saturated rings. The molecule has 2 heterocycles. The number of nitrogens with zero attached hydrogens (tertiary/aromatic N) is 3. The molecular formula is C14H11ClN4O3S2. The van der Waals surface area contributed by atoms with E-state index in [-0.39, 0.29) is 22.8 Å². The van der Waals surface area contributed by atoms with Gasteiger partial charge in [-0.1, -0.05) is 23.4 Å². The molecule has 0 saturated heterocycles. The third kappa shape index (κ3) is 4.05. The van der Waals surface area contributed by atoms with E-state index < -0.39 is 0 Å². The van der Waals surface area contributed by atoms with Crippen molar-refractivity contribution in [1.29, 1.82) is 0 Å². The zero-order chi connectivity index (χ0) is 16.9. The van der Waals surface area contributed by atoms with E-state index in [1.165, 1.54) is 11.3 Å². The van der Waals surface area contributed by atoms with Crippen LogP contribution in [0, 0.1) is 0 Å². The van der Waals surface area contributed by atoms with Crippen molar-refractivity contribution in [2.75, 3.05) is 18.2 Å². The Morgan fingerprint density at radius 2 is 2.33 bits per heavy atom. The maximum absolute atomic E-state index is 11.8. The number of thioether (sulfide) groups is 1. The van der Waals surface area contributed by atoms with Crippen LogP contribution in [0.3, 0.4) is 0 Å². The Hall–Kier alpha value is -2.10. The lowest BCUT2D eigenvalue weighted by Gasteiger charge is -2.04. The van der Waals surface area contributed by atoms with Crippen molar-refractivity contribution in [2.24, 2.45) is 0 Å². The van der Waals surface area contributed by atoms with Crippen molar-refractivity contribution in [3.05, 3.63) is 34.8 Å². The predicted molar refractivity (Wildman–Crippen MR) is 92.8 cm³/mol. The van der Waals surface area contributed by atoms with Gasteiger partial charge >= 0.3 is 0 Å². The van der Waals surface area contributed by atoms with E-state index in [1.54, 1.807) is 36.9 Å². The van der Waals surface area contributed by atoms with Crippen LogP contribution in [0.25, 0.3) is 11.5 Å². The smallest absolute Gasteiger partial charge is 0.277 e. The fourth-order valence-corrected chi connectivity index (χ4v) is 3.07. The minimum Gasteiger partial charge on any atom is -0.496 e. The number of carbonyl (C=O) groups excluding carboxylic acids is 1. The van der Waals surface area contributed by atoms with Crippen LogP contribution in [0.2, 0.25) is 5.02 Å². The van der Waals surface area contributed by atoms with Crippen LogP contribution in [0.15, 0.2) is 39.4 Å². The molecule has 0 atom stereocenters. The molecule has 10 heteroatoms. The molecule has 0 saturated carbocycles. The molecule has 0 aliphatic heterocycles. The lowest BCUT2D eigenvalue weighted by atomic mass is 10.2. The summed E-state index contributed by atoms with van der Waals surface area (Å²) in [6, 6.07) is 5.10. The van der Waals surface area contributed by atoms with Crippen molar-refractivity contribution in [3.63, 3.8) is 0 Å². The highest BCUT2D eigenvalue weighted by Crippen LogP contribution is 2.32. The number of hydrogen-bond acceptors (Lipinski definition) is 8. The summed E-state index contributed by atoms with van der Waals surface area (Å²) in [7, 11) is 1.54. The number of benzene rings is 1. The van der Waals surface area contributed by atoms with Crippen molar-refractivity contribution < 1.29 is 13.9 Å². The Bertz CT molecular complexity index is 838. The Labute approximate surface area is 150 Å². The van der Waals surface area contributed by atoms with Crippen molar-refractivity contribution in [3.8, 4) is 17.2 Å². The van der Waals surface area contributed by atoms with E-state index >= 15 is 0 Å². The standard InChI is InChI=1S/C14H11ClN4O3S2/c1-21-10-3-2-8(15)6-9(10)12-18-19-14(22-12)24-7-11(20)17-13-16-4-5-23-13/h2-6H,7H2,1H3,(H,16,17,20). The Kier molecular flexibility index (Phi) is 5.34. The third-order valence-electron chi connectivity index (χ3n) is 2.80. The maximum Gasteiger partial charge on any atom is 0.277 e. The predicted octanol–water partition coefficient (Wildman–Crippen LogP) is 3.59. The summed E-state index contributed by atoms with van der Waals surface area (Å²) in [6.07, 6.45) is 1.62. The molecule has 0 spiro atoms. The minimum absolute atomic E-state index is 0.133. The average Bonchev–Trinajstić information content (AvgIpc) is 3.24. The number of halogens is 1. The van der Waals surface area contributed by atoms with Gasteiger partial charge in [-0.3, -0.25) is 4.79 Å². The molecule has 0 radical (unpaired) electrons. The van der Waals surface area contributed by atoms with Crippen LogP contribution in [-0.2, 0) is 4.79 Å². The molecule has 0 aliphatic carbocycles. The second-order valence-corrected chi connectivity index (χ2v) is 6.65. The normalized spacial score (nSPS) is 10.6. The first-order valence-electron chi connectivity index (χ1n) is 6.65. The molecule has 1 N–H and O–H groups in total. The molecule has 0 aliphatic rings. The molecular weight excluding hydrogens is 372 g/mol. The molecule has 3 rings (SSSR count). The van der Waals surface area contributed by atoms with Crippen LogP contribution in [0.5, 0.6) is 5.75 Å². The van der Waals surface area contributed by atoms with Gasteiger partial charge in [-0.05, 0) is 18.2 Å². The van der Waals surface area contributed by atoms with Gasteiger partial charge in [-0.25, -0.2) is 4.98 Å². The van der Waals surface area contributed by atoms with Gasteiger partial charge in [-0.15, -0.1) is 21.5 Å². The number of methoxy groups -OCH3 is 1.